The number of carbonyl (C=O) groups excluding carboxylic acids is 1. The van der Waals surface area contributed by atoms with Gasteiger partial charge < -0.3 is 5.32 Å². The molecule has 0 aromatic rings. The van der Waals surface area contributed by atoms with Crippen molar-refractivity contribution in [2.45, 2.75) is 45.6 Å². The maximum absolute atomic E-state index is 11.0. The Kier molecular flexibility index (Phi) is 4.35. The number of rotatable bonds is 4. The average molecular weight is 168 g/mol. The van der Waals surface area contributed by atoms with Crippen molar-refractivity contribution in [3.05, 3.63) is 0 Å². The lowest BCUT2D eigenvalue weighted by Crippen LogP contribution is -2.42. The van der Waals surface area contributed by atoms with E-state index in [0.29, 0.717) is 0 Å². The van der Waals surface area contributed by atoms with Gasteiger partial charge in [-0.3, -0.25) is 4.79 Å². The number of amides is 1. The fraction of sp³-hybridized carbons (Fsp3) is 0.778. The molecule has 0 bridgehead atoms. The van der Waals surface area contributed by atoms with Crippen LogP contribution < -0.4 is 5.32 Å². The predicted octanol–water partition coefficient (Wildman–Crippen LogP) is 1.59. The second kappa shape index (κ2) is 4.76. The largest absolute Gasteiger partial charge is 0.350 e. The highest BCUT2D eigenvalue weighted by Crippen LogP contribution is 2.10. The third-order valence-corrected chi connectivity index (χ3v) is 1.59. The average Bonchev–Trinajstić information content (AvgIpc) is 1.85. The molecule has 0 radical (unpaired) electrons. The lowest BCUT2D eigenvalue weighted by atomic mass is 9.99. The van der Waals surface area contributed by atoms with Crippen LogP contribution in [0.3, 0.4) is 0 Å². The molecule has 3 nitrogen and oxygen atoms in total. The molecule has 0 spiro atoms. The molecule has 1 N–H and O–H groups in total. The Morgan fingerprint density at radius 1 is 1.58 bits per heavy atom. The van der Waals surface area contributed by atoms with Crippen LogP contribution in [-0.2, 0) is 4.79 Å². The van der Waals surface area contributed by atoms with Crippen molar-refractivity contribution in [2.75, 3.05) is 0 Å². The van der Waals surface area contributed by atoms with Crippen molar-refractivity contribution in [1.29, 1.82) is 5.26 Å². The van der Waals surface area contributed by atoms with E-state index in [1.54, 1.807) is 0 Å². The van der Waals surface area contributed by atoms with Crippen molar-refractivity contribution in [3.8, 4) is 6.07 Å². The van der Waals surface area contributed by atoms with Crippen LogP contribution in [0.15, 0.2) is 0 Å². The third kappa shape index (κ3) is 4.73. The number of hydrogen-bond donors (Lipinski definition) is 1. The smallest absolute Gasteiger partial charge is 0.234 e. The molecular formula is C9H16N2O. The minimum absolute atomic E-state index is 0.0485. The molecule has 0 aromatic carbocycles. The standard InChI is InChI=1S/C9H16N2O/c1-4-6-9(2,3)11-8(12)5-7-10/h4-6H2,1-3H3,(H,11,12). The zero-order chi connectivity index (χ0) is 9.61. The van der Waals surface area contributed by atoms with E-state index in [1.807, 2.05) is 19.9 Å². The first-order chi connectivity index (χ1) is 5.52. The van der Waals surface area contributed by atoms with E-state index >= 15 is 0 Å². The molecule has 1 amide bonds. The van der Waals surface area contributed by atoms with Crippen LogP contribution in [0.25, 0.3) is 0 Å². The molecule has 0 heterocycles. The van der Waals surface area contributed by atoms with Crippen LogP contribution in [0.2, 0.25) is 0 Å². The molecule has 0 rings (SSSR count). The fourth-order valence-corrected chi connectivity index (χ4v) is 1.18. The summed E-state index contributed by atoms with van der Waals surface area (Å²) in [5.41, 5.74) is -0.178. The zero-order valence-electron chi connectivity index (χ0n) is 7.98. The van der Waals surface area contributed by atoms with Gasteiger partial charge in [-0.2, -0.15) is 5.26 Å². The van der Waals surface area contributed by atoms with Gasteiger partial charge in [0.25, 0.3) is 0 Å². The van der Waals surface area contributed by atoms with Crippen molar-refractivity contribution >= 4 is 5.91 Å². The number of nitrogens with zero attached hydrogens (tertiary/aromatic N) is 1. The molecule has 0 atom stereocenters. The SMILES string of the molecule is CCCC(C)(C)NC(=O)CC#N. The monoisotopic (exact) mass is 168 g/mol. The Hall–Kier alpha value is -1.04. The minimum atomic E-state index is -0.184. The first kappa shape index (κ1) is 11.0. The van der Waals surface area contributed by atoms with Crippen molar-refractivity contribution < 1.29 is 4.79 Å². The van der Waals surface area contributed by atoms with Crippen LogP contribution >= 0.6 is 0 Å². The zero-order valence-corrected chi connectivity index (χ0v) is 7.98. The molecular weight excluding hydrogens is 152 g/mol. The molecule has 0 saturated carbocycles. The third-order valence-electron chi connectivity index (χ3n) is 1.59. The highest BCUT2D eigenvalue weighted by atomic mass is 16.1. The van der Waals surface area contributed by atoms with E-state index in [9.17, 15) is 4.79 Å². The lowest BCUT2D eigenvalue weighted by molar-refractivity contribution is -0.121. The molecule has 12 heavy (non-hydrogen) atoms. The van der Waals surface area contributed by atoms with Gasteiger partial charge in [0.05, 0.1) is 6.07 Å². The summed E-state index contributed by atoms with van der Waals surface area (Å²) in [5, 5.41) is 11.0. The Labute approximate surface area is 73.8 Å². The van der Waals surface area contributed by atoms with Crippen molar-refractivity contribution in [1.82, 2.24) is 5.32 Å². The highest BCUT2D eigenvalue weighted by molar-refractivity contribution is 5.78. The van der Waals surface area contributed by atoms with Crippen LogP contribution in [0, 0.1) is 11.3 Å². The topological polar surface area (TPSA) is 52.9 Å². The van der Waals surface area contributed by atoms with Gasteiger partial charge in [0, 0.05) is 5.54 Å². The van der Waals surface area contributed by atoms with E-state index in [0.717, 1.165) is 12.8 Å². The molecule has 0 unspecified atom stereocenters. The second-order valence-corrected chi connectivity index (χ2v) is 3.52. The molecule has 0 aromatic heterocycles. The van der Waals surface area contributed by atoms with Gasteiger partial charge in [0.15, 0.2) is 0 Å². The summed E-state index contributed by atoms with van der Waals surface area (Å²) in [5.74, 6) is -0.184. The van der Waals surface area contributed by atoms with Gasteiger partial charge in [0.2, 0.25) is 5.91 Å². The van der Waals surface area contributed by atoms with E-state index in [1.165, 1.54) is 0 Å². The first-order valence-corrected chi connectivity index (χ1v) is 4.20. The molecule has 3 heteroatoms. The number of nitrogens with one attached hydrogen (secondary N) is 1. The first-order valence-electron chi connectivity index (χ1n) is 4.20. The Morgan fingerprint density at radius 2 is 2.17 bits per heavy atom. The predicted molar refractivity (Wildman–Crippen MR) is 47.4 cm³/mol. The second-order valence-electron chi connectivity index (χ2n) is 3.52. The molecule has 68 valence electrons. The van der Waals surface area contributed by atoms with Crippen LogP contribution in [0.1, 0.15) is 40.0 Å². The highest BCUT2D eigenvalue weighted by Gasteiger charge is 2.18. The van der Waals surface area contributed by atoms with Crippen molar-refractivity contribution in [2.24, 2.45) is 0 Å². The minimum Gasteiger partial charge on any atom is -0.350 e. The van der Waals surface area contributed by atoms with Crippen molar-refractivity contribution in [3.63, 3.8) is 0 Å². The van der Waals surface area contributed by atoms with Crippen LogP contribution in [0.4, 0.5) is 0 Å². The Morgan fingerprint density at radius 3 is 2.58 bits per heavy atom. The van der Waals surface area contributed by atoms with Gasteiger partial charge in [-0.15, -0.1) is 0 Å². The van der Waals surface area contributed by atoms with Gasteiger partial charge in [-0.05, 0) is 20.3 Å². The van der Waals surface area contributed by atoms with Gasteiger partial charge in [0.1, 0.15) is 6.42 Å². The van der Waals surface area contributed by atoms with E-state index in [2.05, 4.69) is 12.2 Å². The summed E-state index contributed by atoms with van der Waals surface area (Å²) < 4.78 is 0. The Balaban J connectivity index is 3.89. The Bertz CT molecular complexity index is 191. The van der Waals surface area contributed by atoms with E-state index in [-0.39, 0.29) is 17.9 Å². The van der Waals surface area contributed by atoms with Gasteiger partial charge >= 0.3 is 0 Å². The molecule has 0 aliphatic heterocycles. The van der Waals surface area contributed by atoms with E-state index in [4.69, 9.17) is 5.26 Å². The summed E-state index contributed by atoms with van der Waals surface area (Å²) in [4.78, 5) is 11.0. The quantitative estimate of drug-likeness (QED) is 0.693. The summed E-state index contributed by atoms with van der Waals surface area (Å²) in [7, 11) is 0. The number of carbonyl (C=O) groups is 1. The molecule has 0 aliphatic rings. The number of hydrogen-bond acceptors (Lipinski definition) is 2. The maximum Gasteiger partial charge on any atom is 0.234 e. The fourth-order valence-electron chi connectivity index (χ4n) is 1.18. The van der Waals surface area contributed by atoms with Gasteiger partial charge in [-0.25, -0.2) is 0 Å². The molecule has 0 aliphatic carbocycles. The van der Waals surface area contributed by atoms with Crippen LogP contribution in [0.5, 0.6) is 0 Å². The van der Waals surface area contributed by atoms with Crippen LogP contribution in [-0.4, -0.2) is 11.4 Å². The van der Waals surface area contributed by atoms with Gasteiger partial charge in [-0.1, -0.05) is 13.3 Å². The molecule has 0 saturated heterocycles. The summed E-state index contributed by atoms with van der Waals surface area (Å²) in [6.45, 7) is 6.00. The summed E-state index contributed by atoms with van der Waals surface area (Å²) >= 11 is 0. The summed E-state index contributed by atoms with van der Waals surface area (Å²) in [6, 6.07) is 1.82. The van der Waals surface area contributed by atoms with E-state index < -0.39 is 0 Å². The maximum atomic E-state index is 11.0. The number of nitriles is 1. The summed E-state index contributed by atoms with van der Waals surface area (Å²) in [6.07, 6.45) is 1.91. The normalized spacial score (nSPS) is 10.5. The lowest BCUT2D eigenvalue weighted by Gasteiger charge is -2.25. The molecule has 0 fully saturated rings.